The van der Waals surface area contributed by atoms with Crippen molar-refractivity contribution in [1.29, 1.82) is 0 Å². The molecule has 1 aliphatic heterocycles. The van der Waals surface area contributed by atoms with Gasteiger partial charge in [-0.05, 0) is 36.0 Å². The first-order valence-corrected chi connectivity index (χ1v) is 8.21. The number of nitrogens with zero attached hydrogens (tertiary/aromatic N) is 3. The zero-order valence-electron chi connectivity index (χ0n) is 14.4. The third-order valence-corrected chi connectivity index (χ3v) is 4.60. The Morgan fingerprint density at radius 2 is 2.13 bits per heavy atom. The molecule has 1 atom stereocenters. The monoisotopic (exact) mass is 315 g/mol. The second-order valence-corrected chi connectivity index (χ2v) is 7.35. The van der Waals surface area contributed by atoms with E-state index in [1.165, 1.54) is 0 Å². The van der Waals surface area contributed by atoms with Crippen LogP contribution in [-0.4, -0.2) is 21.5 Å². The van der Waals surface area contributed by atoms with Crippen molar-refractivity contribution in [3.63, 3.8) is 0 Å². The van der Waals surface area contributed by atoms with Crippen LogP contribution in [0.15, 0.2) is 29.1 Å². The molecule has 2 heterocycles. The first-order valence-electron chi connectivity index (χ1n) is 8.21. The van der Waals surface area contributed by atoms with Crippen molar-refractivity contribution in [3.05, 3.63) is 46.1 Å². The molecule has 1 aromatic heterocycles. The van der Waals surface area contributed by atoms with Crippen LogP contribution in [0, 0.1) is 5.41 Å². The Bertz CT molecular complexity index is 752. The lowest BCUT2D eigenvalue weighted by Crippen LogP contribution is -2.36. The molecular weight excluding hydrogens is 290 g/mol. The van der Waals surface area contributed by atoms with Gasteiger partial charge < -0.3 is 4.74 Å². The maximum atomic E-state index is 12.9. The van der Waals surface area contributed by atoms with Gasteiger partial charge in [-0.1, -0.05) is 32.9 Å². The molecule has 5 nitrogen and oxygen atoms in total. The quantitative estimate of drug-likeness (QED) is 0.875. The largest absolute Gasteiger partial charge is 0.497 e. The van der Waals surface area contributed by atoms with Crippen molar-refractivity contribution in [2.75, 3.05) is 7.11 Å². The van der Waals surface area contributed by atoms with E-state index >= 15 is 0 Å². The van der Waals surface area contributed by atoms with E-state index in [-0.39, 0.29) is 17.1 Å². The molecule has 0 fully saturated rings. The SMILES string of the molecule is COc1cccc(Cn2nc3n(c2=O)C(C(C)(C)C)CCC3)c1. The Hall–Kier alpha value is -2.04. The highest BCUT2D eigenvalue weighted by atomic mass is 16.5. The summed E-state index contributed by atoms with van der Waals surface area (Å²) in [5.41, 5.74) is 1.08. The van der Waals surface area contributed by atoms with E-state index in [2.05, 4.69) is 25.9 Å². The van der Waals surface area contributed by atoms with Gasteiger partial charge in [-0.3, -0.25) is 4.57 Å². The molecule has 0 radical (unpaired) electrons. The molecule has 0 aliphatic carbocycles. The Kier molecular flexibility index (Phi) is 4.04. The van der Waals surface area contributed by atoms with E-state index in [9.17, 15) is 4.79 Å². The van der Waals surface area contributed by atoms with Gasteiger partial charge in [-0.15, -0.1) is 0 Å². The van der Waals surface area contributed by atoms with Gasteiger partial charge in [0, 0.05) is 12.5 Å². The minimum absolute atomic E-state index is 0.00226. The predicted octanol–water partition coefficient (Wildman–Crippen LogP) is 3.03. The molecule has 5 heteroatoms. The molecule has 1 aromatic carbocycles. The first kappa shape index (κ1) is 15.8. The fourth-order valence-electron chi connectivity index (χ4n) is 3.40. The van der Waals surface area contributed by atoms with E-state index in [0.29, 0.717) is 6.54 Å². The third-order valence-electron chi connectivity index (χ3n) is 4.60. The number of methoxy groups -OCH3 is 1. The lowest BCUT2D eigenvalue weighted by Gasteiger charge is -2.34. The van der Waals surface area contributed by atoms with Gasteiger partial charge in [-0.2, -0.15) is 5.10 Å². The van der Waals surface area contributed by atoms with Crippen molar-refractivity contribution < 1.29 is 4.74 Å². The summed E-state index contributed by atoms with van der Waals surface area (Å²) in [6, 6.07) is 8.01. The number of rotatable bonds is 3. The van der Waals surface area contributed by atoms with Crippen LogP contribution in [0.3, 0.4) is 0 Å². The standard InChI is InChI=1S/C18H25N3O2/c1-18(2,3)15-9-6-10-16-19-20(17(22)21(15)16)12-13-7-5-8-14(11-13)23-4/h5,7-8,11,15H,6,9-10,12H2,1-4H3. The summed E-state index contributed by atoms with van der Waals surface area (Å²) in [4.78, 5) is 12.9. The maximum absolute atomic E-state index is 12.9. The highest BCUT2D eigenvalue weighted by Crippen LogP contribution is 2.36. The lowest BCUT2D eigenvalue weighted by atomic mass is 9.82. The maximum Gasteiger partial charge on any atom is 0.346 e. The Labute approximate surface area is 136 Å². The van der Waals surface area contributed by atoms with Crippen LogP contribution in [-0.2, 0) is 13.0 Å². The van der Waals surface area contributed by atoms with Gasteiger partial charge in [-0.25, -0.2) is 9.48 Å². The first-order chi connectivity index (χ1) is 10.9. The summed E-state index contributed by atoms with van der Waals surface area (Å²) in [7, 11) is 1.65. The number of hydrogen-bond donors (Lipinski definition) is 0. The van der Waals surface area contributed by atoms with Crippen LogP contribution >= 0.6 is 0 Å². The molecule has 1 aliphatic rings. The van der Waals surface area contributed by atoms with Gasteiger partial charge in [0.25, 0.3) is 0 Å². The molecule has 0 N–H and O–H groups in total. The number of aromatic nitrogens is 3. The summed E-state index contributed by atoms with van der Waals surface area (Å²) in [6.07, 6.45) is 3.02. The summed E-state index contributed by atoms with van der Waals surface area (Å²) in [5, 5.41) is 4.59. The summed E-state index contributed by atoms with van der Waals surface area (Å²) in [5.74, 6) is 1.72. The molecular formula is C18H25N3O2. The molecule has 0 spiro atoms. The van der Waals surface area contributed by atoms with Gasteiger partial charge in [0.1, 0.15) is 11.6 Å². The molecule has 0 saturated heterocycles. The van der Waals surface area contributed by atoms with E-state index in [1.54, 1.807) is 11.8 Å². The number of benzene rings is 1. The zero-order valence-corrected chi connectivity index (χ0v) is 14.4. The molecule has 3 rings (SSSR count). The second kappa shape index (κ2) is 5.87. The van der Waals surface area contributed by atoms with Crippen LogP contribution in [0.25, 0.3) is 0 Å². The van der Waals surface area contributed by atoms with E-state index in [0.717, 1.165) is 36.4 Å². The van der Waals surface area contributed by atoms with Crippen LogP contribution in [0.2, 0.25) is 0 Å². The van der Waals surface area contributed by atoms with Crippen molar-refractivity contribution in [1.82, 2.24) is 14.3 Å². The average molecular weight is 315 g/mol. The van der Waals surface area contributed by atoms with E-state index < -0.39 is 0 Å². The van der Waals surface area contributed by atoms with Crippen molar-refractivity contribution in [2.24, 2.45) is 5.41 Å². The Morgan fingerprint density at radius 1 is 1.35 bits per heavy atom. The minimum atomic E-state index is 0.00226. The van der Waals surface area contributed by atoms with Crippen LogP contribution in [0.4, 0.5) is 0 Å². The van der Waals surface area contributed by atoms with Gasteiger partial charge in [0.2, 0.25) is 0 Å². The van der Waals surface area contributed by atoms with E-state index in [4.69, 9.17) is 4.74 Å². The summed E-state index contributed by atoms with van der Waals surface area (Å²) < 4.78 is 8.76. The fraction of sp³-hybridized carbons (Fsp3) is 0.556. The van der Waals surface area contributed by atoms with E-state index in [1.807, 2.05) is 28.8 Å². The third kappa shape index (κ3) is 3.05. The summed E-state index contributed by atoms with van der Waals surface area (Å²) >= 11 is 0. The van der Waals surface area contributed by atoms with Crippen LogP contribution < -0.4 is 10.4 Å². The Morgan fingerprint density at radius 3 is 2.83 bits per heavy atom. The fourth-order valence-corrected chi connectivity index (χ4v) is 3.40. The molecule has 2 aromatic rings. The number of hydrogen-bond acceptors (Lipinski definition) is 3. The lowest BCUT2D eigenvalue weighted by molar-refractivity contribution is 0.199. The van der Waals surface area contributed by atoms with Crippen molar-refractivity contribution in [2.45, 2.75) is 52.6 Å². The van der Waals surface area contributed by atoms with Gasteiger partial charge >= 0.3 is 5.69 Å². The van der Waals surface area contributed by atoms with Crippen LogP contribution in [0.1, 0.15) is 51.0 Å². The predicted molar refractivity (Wildman–Crippen MR) is 90.0 cm³/mol. The summed E-state index contributed by atoms with van der Waals surface area (Å²) in [6.45, 7) is 7.06. The minimum Gasteiger partial charge on any atom is -0.497 e. The number of fused-ring (bicyclic) bond motifs is 1. The highest BCUT2D eigenvalue weighted by molar-refractivity contribution is 5.28. The average Bonchev–Trinajstić information content (AvgIpc) is 2.83. The van der Waals surface area contributed by atoms with Gasteiger partial charge in [0.05, 0.1) is 13.7 Å². The molecule has 0 amide bonds. The van der Waals surface area contributed by atoms with Crippen molar-refractivity contribution >= 4 is 0 Å². The molecule has 1 unspecified atom stereocenters. The molecule has 124 valence electrons. The van der Waals surface area contributed by atoms with Crippen LogP contribution in [0.5, 0.6) is 5.75 Å². The van der Waals surface area contributed by atoms with Crippen molar-refractivity contribution in [3.8, 4) is 5.75 Å². The molecule has 0 bridgehead atoms. The smallest absolute Gasteiger partial charge is 0.346 e. The topological polar surface area (TPSA) is 49.0 Å². The Balaban J connectivity index is 1.96. The normalized spacial score (nSPS) is 17.8. The van der Waals surface area contributed by atoms with Gasteiger partial charge in [0.15, 0.2) is 0 Å². The zero-order chi connectivity index (χ0) is 16.6. The highest BCUT2D eigenvalue weighted by Gasteiger charge is 2.33. The number of aryl methyl sites for hydroxylation is 1. The molecule has 23 heavy (non-hydrogen) atoms. The number of ether oxygens (including phenoxy) is 1. The second-order valence-electron chi connectivity index (χ2n) is 7.35. The molecule has 0 saturated carbocycles.